The number of Topliss-reactive ketones (excluding diaryl/α,β-unsaturated/α-hetero) is 1. The molecule has 0 atom stereocenters. The van der Waals surface area contributed by atoms with Crippen LogP contribution in [0.4, 0.5) is 4.39 Å². The lowest BCUT2D eigenvalue weighted by Crippen LogP contribution is -2.05. The molecule has 0 saturated heterocycles. The van der Waals surface area contributed by atoms with E-state index >= 15 is 0 Å². The van der Waals surface area contributed by atoms with Gasteiger partial charge < -0.3 is 4.42 Å². The van der Waals surface area contributed by atoms with E-state index in [2.05, 4.69) is 0 Å². The summed E-state index contributed by atoms with van der Waals surface area (Å²) in [7, 11) is 0. The van der Waals surface area contributed by atoms with Crippen LogP contribution in [0.1, 0.15) is 21.5 Å². The van der Waals surface area contributed by atoms with Gasteiger partial charge in [-0.25, -0.2) is 4.39 Å². The highest BCUT2D eigenvalue weighted by molar-refractivity contribution is 5.98. The molecule has 0 unspecified atom stereocenters. The molecule has 2 rings (SSSR count). The lowest BCUT2D eigenvalue weighted by Gasteiger charge is -2.03. The molecule has 2 aromatic rings. The van der Waals surface area contributed by atoms with E-state index in [1.165, 1.54) is 24.7 Å². The Labute approximate surface area is 92.7 Å². The first-order chi connectivity index (χ1) is 7.66. The molecule has 0 aliphatic rings. The molecule has 0 saturated carbocycles. The quantitative estimate of drug-likeness (QED) is 0.741. The van der Waals surface area contributed by atoms with Crippen molar-refractivity contribution in [1.29, 1.82) is 0 Å². The van der Waals surface area contributed by atoms with Crippen molar-refractivity contribution >= 4 is 5.78 Å². The molecule has 16 heavy (non-hydrogen) atoms. The van der Waals surface area contributed by atoms with Crippen LogP contribution in [0.25, 0.3) is 0 Å². The molecular formula is C13H11FO2. The highest BCUT2D eigenvalue weighted by atomic mass is 19.1. The summed E-state index contributed by atoms with van der Waals surface area (Å²) in [6.07, 6.45) is 3.27. The molecule has 2 nitrogen and oxygen atoms in total. The van der Waals surface area contributed by atoms with E-state index in [4.69, 9.17) is 4.42 Å². The van der Waals surface area contributed by atoms with Crippen LogP contribution in [0.5, 0.6) is 0 Å². The van der Waals surface area contributed by atoms with E-state index in [0.717, 1.165) is 11.1 Å². The van der Waals surface area contributed by atoms with Crippen molar-refractivity contribution in [2.75, 3.05) is 0 Å². The molecule has 0 amide bonds. The van der Waals surface area contributed by atoms with Crippen LogP contribution in [-0.2, 0) is 6.42 Å². The van der Waals surface area contributed by atoms with Crippen LogP contribution < -0.4 is 0 Å². The lowest BCUT2D eigenvalue weighted by atomic mass is 10.0. The maximum absolute atomic E-state index is 13.0. The van der Waals surface area contributed by atoms with Gasteiger partial charge in [0.25, 0.3) is 0 Å². The standard InChI is InChI=1S/C13H11FO2/c1-9-2-3-11(14)7-12(9)13(15)6-10-4-5-16-8-10/h2-5,7-8H,6H2,1H3. The van der Waals surface area contributed by atoms with Gasteiger partial charge in [-0.1, -0.05) is 6.07 Å². The molecule has 0 fully saturated rings. The highest BCUT2D eigenvalue weighted by Gasteiger charge is 2.11. The Morgan fingerprint density at radius 3 is 2.88 bits per heavy atom. The number of ketones is 1. The van der Waals surface area contributed by atoms with E-state index in [0.29, 0.717) is 5.56 Å². The summed E-state index contributed by atoms with van der Waals surface area (Å²) in [5.74, 6) is -0.487. The second-order valence-corrected chi connectivity index (χ2v) is 3.69. The number of benzene rings is 1. The van der Waals surface area contributed by atoms with Crippen molar-refractivity contribution in [3.05, 3.63) is 59.3 Å². The molecule has 0 aliphatic carbocycles. The van der Waals surface area contributed by atoms with Crippen molar-refractivity contribution in [3.63, 3.8) is 0 Å². The summed E-state index contributed by atoms with van der Waals surface area (Å²) in [6.45, 7) is 1.79. The van der Waals surface area contributed by atoms with E-state index < -0.39 is 0 Å². The lowest BCUT2D eigenvalue weighted by molar-refractivity contribution is 0.0991. The van der Waals surface area contributed by atoms with Crippen LogP contribution in [0.3, 0.4) is 0 Å². The van der Waals surface area contributed by atoms with Gasteiger partial charge in [-0.05, 0) is 36.2 Å². The zero-order valence-corrected chi connectivity index (χ0v) is 8.87. The first-order valence-corrected chi connectivity index (χ1v) is 4.97. The molecule has 3 heteroatoms. The minimum absolute atomic E-state index is 0.0987. The molecule has 0 spiro atoms. The van der Waals surface area contributed by atoms with Crippen LogP contribution in [-0.4, -0.2) is 5.78 Å². The molecule has 1 heterocycles. The van der Waals surface area contributed by atoms with Crippen LogP contribution in [0.15, 0.2) is 41.2 Å². The summed E-state index contributed by atoms with van der Waals surface area (Å²) in [4.78, 5) is 11.9. The summed E-state index contributed by atoms with van der Waals surface area (Å²) in [5.41, 5.74) is 2.02. The van der Waals surface area contributed by atoms with Gasteiger partial charge in [0.15, 0.2) is 5.78 Å². The average Bonchev–Trinajstić information content (AvgIpc) is 2.74. The molecular weight excluding hydrogens is 207 g/mol. The van der Waals surface area contributed by atoms with Gasteiger partial charge in [0, 0.05) is 12.0 Å². The minimum Gasteiger partial charge on any atom is -0.472 e. The number of furan rings is 1. The summed E-state index contributed by atoms with van der Waals surface area (Å²) < 4.78 is 17.9. The Kier molecular flexibility index (Phi) is 2.86. The Bertz CT molecular complexity index is 501. The minimum atomic E-state index is -0.388. The Morgan fingerprint density at radius 1 is 1.38 bits per heavy atom. The van der Waals surface area contributed by atoms with Gasteiger partial charge in [0.1, 0.15) is 5.82 Å². The first kappa shape index (κ1) is 10.6. The van der Waals surface area contributed by atoms with Crippen molar-refractivity contribution in [3.8, 4) is 0 Å². The Balaban J connectivity index is 2.24. The fourth-order valence-electron chi connectivity index (χ4n) is 1.57. The summed E-state index contributed by atoms with van der Waals surface area (Å²) in [6, 6.07) is 5.96. The van der Waals surface area contributed by atoms with Gasteiger partial charge in [-0.15, -0.1) is 0 Å². The maximum Gasteiger partial charge on any atom is 0.167 e. The topological polar surface area (TPSA) is 30.2 Å². The number of carbonyl (C=O) groups excluding carboxylic acids is 1. The van der Waals surface area contributed by atoms with Crippen LogP contribution in [0, 0.1) is 12.7 Å². The number of hydrogen-bond donors (Lipinski definition) is 0. The third-order valence-electron chi connectivity index (χ3n) is 2.44. The largest absolute Gasteiger partial charge is 0.472 e. The second kappa shape index (κ2) is 4.31. The summed E-state index contributed by atoms with van der Waals surface area (Å²) >= 11 is 0. The zero-order chi connectivity index (χ0) is 11.5. The molecule has 0 aliphatic heterocycles. The van der Waals surface area contributed by atoms with Gasteiger partial charge in [0.05, 0.1) is 12.5 Å². The monoisotopic (exact) mass is 218 g/mol. The first-order valence-electron chi connectivity index (χ1n) is 4.97. The number of carbonyl (C=O) groups is 1. The average molecular weight is 218 g/mol. The van der Waals surface area contributed by atoms with Gasteiger partial charge in [-0.3, -0.25) is 4.79 Å². The third-order valence-corrected chi connectivity index (χ3v) is 2.44. The zero-order valence-electron chi connectivity index (χ0n) is 8.87. The van der Waals surface area contributed by atoms with Crippen molar-refractivity contribution in [1.82, 2.24) is 0 Å². The second-order valence-electron chi connectivity index (χ2n) is 3.69. The fraction of sp³-hybridized carbons (Fsp3) is 0.154. The predicted molar refractivity (Wildman–Crippen MR) is 57.9 cm³/mol. The van der Waals surface area contributed by atoms with E-state index in [9.17, 15) is 9.18 Å². The number of rotatable bonds is 3. The predicted octanol–water partition coefficient (Wildman–Crippen LogP) is 3.15. The third kappa shape index (κ3) is 2.19. The van der Waals surface area contributed by atoms with Crippen LogP contribution in [0.2, 0.25) is 0 Å². The summed E-state index contributed by atoms with van der Waals surface area (Å²) in [5, 5.41) is 0. The van der Waals surface area contributed by atoms with Gasteiger partial charge in [0.2, 0.25) is 0 Å². The Morgan fingerprint density at radius 2 is 2.19 bits per heavy atom. The smallest absolute Gasteiger partial charge is 0.167 e. The Hall–Kier alpha value is -1.90. The van der Waals surface area contributed by atoms with E-state index in [-0.39, 0.29) is 18.0 Å². The van der Waals surface area contributed by atoms with Crippen molar-refractivity contribution in [2.45, 2.75) is 13.3 Å². The molecule has 1 aromatic carbocycles. The van der Waals surface area contributed by atoms with Gasteiger partial charge in [-0.2, -0.15) is 0 Å². The molecule has 0 bridgehead atoms. The highest BCUT2D eigenvalue weighted by Crippen LogP contribution is 2.14. The van der Waals surface area contributed by atoms with E-state index in [1.807, 2.05) is 0 Å². The number of aryl methyl sites for hydroxylation is 1. The van der Waals surface area contributed by atoms with E-state index in [1.54, 1.807) is 19.1 Å². The molecule has 0 N–H and O–H groups in total. The fourth-order valence-corrected chi connectivity index (χ4v) is 1.57. The SMILES string of the molecule is Cc1ccc(F)cc1C(=O)Cc1ccoc1. The van der Waals surface area contributed by atoms with Crippen LogP contribution >= 0.6 is 0 Å². The molecule has 1 aromatic heterocycles. The van der Waals surface area contributed by atoms with Gasteiger partial charge >= 0.3 is 0 Å². The number of halogens is 1. The number of hydrogen-bond acceptors (Lipinski definition) is 2. The molecule has 82 valence electrons. The van der Waals surface area contributed by atoms with Crippen molar-refractivity contribution in [2.24, 2.45) is 0 Å². The van der Waals surface area contributed by atoms with Crippen molar-refractivity contribution < 1.29 is 13.6 Å². The normalized spacial score (nSPS) is 10.4. The maximum atomic E-state index is 13.0. The molecule has 0 radical (unpaired) electrons.